The number of hydrogen-bond donors (Lipinski definition) is 1. The number of aliphatic carboxylic acids is 1. The largest absolute Gasteiger partial charge is 0.481 e. The van der Waals surface area contributed by atoms with Crippen LogP contribution in [-0.4, -0.2) is 48.6 Å². The van der Waals surface area contributed by atoms with Crippen molar-refractivity contribution in [3.05, 3.63) is 29.8 Å². The van der Waals surface area contributed by atoms with Crippen molar-refractivity contribution in [1.29, 1.82) is 0 Å². The van der Waals surface area contributed by atoms with E-state index < -0.39 is 5.97 Å². The first kappa shape index (κ1) is 14.5. The van der Waals surface area contributed by atoms with Gasteiger partial charge in [-0.25, -0.2) is 0 Å². The number of rotatable bonds is 6. The van der Waals surface area contributed by atoms with Crippen LogP contribution in [0.5, 0.6) is 0 Å². The highest BCUT2D eigenvalue weighted by Crippen LogP contribution is 2.27. The predicted octanol–water partition coefficient (Wildman–Crippen LogP) is 1.37. The maximum atomic E-state index is 12.2. The molecule has 0 atom stereocenters. The number of carboxylic acid groups (broad SMARTS) is 1. The first-order valence-corrected chi connectivity index (χ1v) is 6.86. The van der Waals surface area contributed by atoms with Gasteiger partial charge in [0.05, 0.1) is 6.42 Å². The van der Waals surface area contributed by atoms with Crippen LogP contribution in [0.2, 0.25) is 0 Å². The van der Waals surface area contributed by atoms with E-state index >= 15 is 0 Å². The topological polar surface area (TPSA) is 60.9 Å². The van der Waals surface area contributed by atoms with E-state index in [1.807, 2.05) is 35.0 Å². The summed E-state index contributed by atoms with van der Waals surface area (Å²) in [6.45, 7) is 1.81. The molecule has 1 N–H and O–H groups in total. The maximum absolute atomic E-state index is 12.2. The fourth-order valence-corrected chi connectivity index (χ4v) is 2.42. The van der Waals surface area contributed by atoms with E-state index in [0.717, 1.165) is 18.7 Å². The monoisotopic (exact) mass is 276 g/mol. The number of nitrogens with zero attached hydrogens (tertiary/aromatic N) is 2. The van der Waals surface area contributed by atoms with Crippen LogP contribution in [0.1, 0.15) is 18.4 Å². The summed E-state index contributed by atoms with van der Waals surface area (Å²) in [5.41, 5.74) is 2.24. The second-order valence-electron chi connectivity index (χ2n) is 5.12. The van der Waals surface area contributed by atoms with Gasteiger partial charge < -0.3 is 14.9 Å². The highest BCUT2D eigenvalue weighted by Gasteiger charge is 2.23. The van der Waals surface area contributed by atoms with Gasteiger partial charge in [-0.2, -0.15) is 0 Å². The number of fused-ring (bicyclic) bond motifs is 1. The zero-order chi connectivity index (χ0) is 14.5. The Morgan fingerprint density at radius 2 is 1.95 bits per heavy atom. The molecule has 1 aromatic carbocycles. The molecule has 0 fully saturated rings. The van der Waals surface area contributed by atoms with Gasteiger partial charge in [0.2, 0.25) is 5.91 Å². The van der Waals surface area contributed by atoms with Crippen LogP contribution in [0.3, 0.4) is 0 Å². The molecule has 20 heavy (non-hydrogen) atoms. The average Bonchev–Trinajstić information content (AvgIpc) is 2.86. The Morgan fingerprint density at radius 1 is 1.25 bits per heavy atom. The summed E-state index contributed by atoms with van der Waals surface area (Å²) in [6, 6.07) is 7.98. The number of anilines is 1. The van der Waals surface area contributed by atoms with E-state index in [4.69, 9.17) is 5.11 Å². The van der Waals surface area contributed by atoms with Crippen LogP contribution in [0.4, 0.5) is 5.69 Å². The van der Waals surface area contributed by atoms with Gasteiger partial charge in [-0.15, -0.1) is 0 Å². The normalized spacial score (nSPS) is 13.6. The quantitative estimate of drug-likeness (QED) is 0.852. The van der Waals surface area contributed by atoms with Crippen LogP contribution in [-0.2, 0) is 16.0 Å². The van der Waals surface area contributed by atoms with E-state index in [1.54, 1.807) is 0 Å². The number of carbonyl (C=O) groups is 2. The molecule has 2 rings (SSSR count). The molecule has 0 spiro atoms. The smallest absolute Gasteiger partial charge is 0.304 e. The van der Waals surface area contributed by atoms with E-state index in [1.165, 1.54) is 5.56 Å². The second kappa shape index (κ2) is 6.52. The Kier molecular flexibility index (Phi) is 4.74. The Bertz CT molecular complexity index is 502. The van der Waals surface area contributed by atoms with Crippen molar-refractivity contribution in [1.82, 2.24) is 4.90 Å². The van der Waals surface area contributed by atoms with Gasteiger partial charge in [-0.05, 0) is 25.1 Å². The van der Waals surface area contributed by atoms with E-state index in [-0.39, 0.29) is 12.3 Å². The Labute approximate surface area is 118 Å². The zero-order valence-electron chi connectivity index (χ0n) is 11.7. The summed E-state index contributed by atoms with van der Waals surface area (Å²) in [7, 11) is 1.84. The maximum Gasteiger partial charge on any atom is 0.304 e. The van der Waals surface area contributed by atoms with Crippen molar-refractivity contribution < 1.29 is 14.7 Å². The van der Waals surface area contributed by atoms with Crippen molar-refractivity contribution in [2.45, 2.75) is 19.3 Å². The van der Waals surface area contributed by atoms with Gasteiger partial charge >= 0.3 is 5.97 Å². The molecule has 0 saturated heterocycles. The number of amides is 1. The summed E-state index contributed by atoms with van der Waals surface area (Å²) in [4.78, 5) is 26.4. The molecule has 1 amide bonds. The molecule has 0 aromatic heterocycles. The zero-order valence-corrected chi connectivity index (χ0v) is 11.7. The molecule has 1 aliphatic rings. The van der Waals surface area contributed by atoms with Crippen molar-refractivity contribution in [2.24, 2.45) is 0 Å². The number of carboxylic acids is 1. The molecule has 0 saturated carbocycles. The molecule has 108 valence electrons. The average molecular weight is 276 g/mol. The van der Waals surface area contributed by atoms with Crippen LogP contribution < -0.4 is 4.90 Å². The molecule has 1 heterocycles. The predicted molar refractivity (Wildman–Crippen MR) is 76.9 cm³/mol. The first-order valence-electron chi connectivity index (χ1n) is 6.86. The fraction of sp³-hybridized carbons (Fsp3) is 0.467. The lowest BCUT2D eigenvalue weighted by atomic mass is 10.2. The van der Waals surface area contributed by atoms with Crippen LogP contribution in [0.25, 0.3) is 0 Å². The minimum absolute atomic E-state index is 0.108. The van der Waals surface area contributed by atoms with Gasteiger partial charge in [-0.1, -0.05) is 18.2 Å². The molecule has 5 nitrogen and oxygen atoms in total. The Hall–Kier alpha value is -1.88. The highest BCUT2D eigenvalue weighted by atomic mass is 16.4. The van der Waals surface area contributed by atoms with Crippen LogP contribution in [0, 0.1) is 0 Å². The lowest BCUT2D eigenvalue weighted by Gasteiger charge is -2.20. The molecule has 1 aliphatic heterocycles. The summed E-state index contributed by atoms with van der Waals surface area (Å²) >= 11 is 0. The summed E-state index contributed by atoms with van der Waals surface area (Å²) in [5, 5.41) is 8.62. The molecule has 5 heteroatoms. The van der Waals surface area contributed by atoms with Gasteiger partial charge in [0, 0.05) is 31.7 Å². The minimum Gasteiger partial charge on any atom is -0.481 e. The SMILES string of the molecule is CN(CCC(=O)O)CCC(=O)N1CCc2ccccc21. The highest BCUT2D eigenvalue weighted by molar-refractivity contribution is 5.95. The van der Waals surface area contributed by atoms with Crippen molar-refractivity contribution in [3.8, 4) is 0 Å². The number of carbonyl (C=O) groups excluding carboxylic acids is 1. The van der Waals surface area contributed by atoms with Gasteiger partial charge in [0.25, 0.3) is 0 Å². The lowest BCUT2D eigenvalue weighted by Crippen LogP contribution is -2.33. The Morgan fingerprint density at radius 3 is 2.70 bits per heavy atom. The van der Waals surface area contributed by atoms with E-state index in [0.29, 0.717) is 19.5 Å². The van der Waals surface area contributed by atoms with Crippen molar-refractivity contribution in [2.75, 3.05) is 31.6 Å². The molecule has 0 unspecified atom stereocenters. The molecule has 1 aromatic rings. The van der Waals surface area contributed by atoms with Crippen LogP contribution >= 0.6 is 0 Å². The molecular formula is C15H20N2O3. The minimum atomic E-state index is -0.809. The Balaban J connectivity index is 1.83. The molecule has 0 aliphatic carbocycles. The third-order valence-electron chi connectivity index (χ3n) is 3.60. The lowest BCUT2D eigenvalue weighted by molar-refractivity contribution is -0.137. The standard InChI is InChI=1S/C15H20N2O3/c1-16(10-8-15(19)20)9-7-14(18)17-11-6-12-4-2-3-5-13(12)17/h2-5H,6-11H2,1H3,(H,19,20). The van der Waals surface area contributed by atoms with E-state index in [9.17, 15) is 9.59 Å². The molecule has 0 radical (unpaired) electrons. The first-order chi connectivity index (χ1) is 9.58. The molecule has 0 bridgehead atoms. The van der Waals surface area contributed by atoms with Gasteiger partial charge in [-0.3, -0.25) is 9.59 Å². The van der Waals surface area contributed by atoms with Crippen LogP contribution in [0.15, 0.2) is 24.3 Å². The summed E-state index contributed by atoms with van der Waals surface area (Å²) in [6.07, 6.45) is 1.44. The van der Waals surface area contributed by atoms with Gasteiger partial charge in [0.1, 0.15) is 0 Å². The number of benzene rings is 1. The second-order valence-corrected chi connectivity index (χ2v) is 5.12. The van der Waals surface area contributed by atoms with E-state index in [2.05, 4.69) is 6.07 Å². The van der Waals surface area contributed by atoms with Crippen molar-refractivity contribution in [3.63, 3.8) is 0 Å². The number of hydrogen-bond acceptors (Lipinski definition) is 3. The van der Waals surface area contributed by atoms with Crippen molar-refractivity contribution >= 4 is 17.6 Å². The molecular weight excluding hydrogens is 256 g/mol. The fourth-order valence-electron chi connectivity index (χ4n) is 2.42. The third-order valence-corrected chi connectivity index (χ3v) is 3.60. The van der Waals surface area contributed by atoms with Gasteiger partial charge in [0.15, 0.2) is 0 Å². The third kappa shape index (κ3) is 3.57. The summed E-state index contributed by atoms with van der Waals surface area (Å²) in [5.74, 6) is -0.700. The summed E-state index contributed by atoms with van der Waals surface area (Å²) < 4.78 is 0. The number of para-hydroxylation sites is 1.